The molecule has 1 rings (SSSR count). The van der Waals surface area contributed by atoms with Crippen LogP contribution < -0.4 is 5.32 Å². The molecule has 0 aromatic heterocycles. The van der Waals surface area contributed by atoms with Gasteiger partial charge in [-0.15, -0.1) is 0 Å². The van der Waals surface area contributed by atoms with Crippen LogP contribution in [0.15, 0.2) is 0 Å². The lowest BCUT2D eigenvalue weighted by Gasteiger charge is -2.35. The molecule has 6 heteroatoms. The number of rotatable bonds is 5. The minimum absolute atomic E-state index is 0.197. The first-order valence-corrected chi connectivity index (χ1v) is 7.94. The summed E-state index contributed by atoms with van der Waals surface area (Å²) in [5.41, 5.74) is -0.462. The van der Waals surface area contributed by atoms with E-state index >= 15 is 0 Å². The van der Waals surface area contributed by atoms with E-state index in [0.29, 0.717) is 25.7 Å². The molecule has 1 aliphatic rings. The van der Waals surface area contributed by atoms with Gasteiger partial charge < -0.3 is 24.4 Å². The number of nitrogens with one attached hydrogen (secondary N) is 1. The summed E-state index contributed by atoms with van der Waals surface area (Å²) in [5.74, 6) is -0.173. The summed E-state index contributed by atoms with van der Waals surface area (Å²) in [6, 6.07) is 0.197. The molecule has 0 spiro atoms. The third-order valence-electron chi connectivity index (χ3n) is 3.31. The molecule has 1 N–H and O–H groups in total. The molecule has 0 aromatic rings. The van der Waals surface area contributed by atoms with Crippen molar-refractivity contribution in [2.75, 3.05) is 33.4 Å². The van der Waals surface area contributed by atoms with Crippen molar-refractivity contribution in [2.24, 2.45) is 5.92 Å². The standard InChI is InChI=1S/C16H32N2O4/c1-12(9-18(7)14(19)22-15(2,3)4)8-17-13-10-20-16(5,6)21-11-13/h12-13,17H,8-11H2,1-7H3. The fraction of sp³-hybridized carbons (Fsp3) is 0.938. The molecule has 1 saturated heterocycles. The first kappa shape index (κ1) is 19.2. The largest absolute Gasteiger partial charge is 0.444 e. The van der Waals surface area contributed by atoms with E-state index in [-0.39, 0.29) is 12.1 Å². The molecule has 1 atom stereocenters. The summed E-state index contributed by atoms with van der Waals surface area (Å²) in [4.78, 5) is 13.5. The van der Waals surface area contributed by atoms with E-state index in [9.17, 15) is 4.79 Å². The van der Waals surface area contributed by atoms with E-state index in [2.05, 4.69) is 12.2 Å². The summed E-state index contributed by atoms with van der Waals surface area (Å²) in [5, 5.41) is 3.42. The maximum absolute atomic E-state index is 11.9. The number of ether oxygens (including phenoxy) is 3. The molecule has 130 valence electrons. The number of nitrogens with zero attached hydrogens (tertiary/aromatic N) is 1. The van der Waals surface area contributed by atoms with Crippen molar-refractivity contribution in [3.63, 3.8) is 0 Å². The van der Waals surface area contributed by atoms with Crippen molar-refractivity contribution in [3.05, 3.63) is 0 Å². The number of carbonyl (C=O) groups is 1. The van der Waals surface area contributed by atoms with Gasteiger partial charge in [-0.2, -0.15) is 0 Å². The Labute approximate surface area is 134 Å². The molecule has 1 fully saturated rings. The normalized spacial score (nSPS) is 20.5. The van der Waals surface area contributed by atoms with Crippen LogP contribution in [0.5, 0.6) is 0 Å². The molecule has 6 nitrogen and oxygen atoms in total. The van der Waals surface area contributed by atoms with Crippen LogP contribution in [0.2, 0.25) is 0 Å². The van der Waals surface area contributed by atoms with Gasteiger partial charge in [0.25, 0.3) is 0 Å². The number of carbonyl (C=O) groups excluding carboxylic acids is 1. The number of hydrogen-bond acceptors (Lipinski definition) is 5. The highest BCUT2D eigenvalue weighted by Crippen LogP contribution is 2.17. The third kappa shape index (κ3) is 7.42. The van der Waals surface area contributed by atoms with Gasteiger partial charge in [0.2, 0.25) is 0 Å². The van der Waals surface area contributed by atoms with Crippen LogP contribution in [0, 0.1) is 5.92 Å². The fourth-order valence-electron chi connectivity index (χ4n) is 2.12. The molecular weight excluding hydrogens is 284 g/mol. The Bertz CT molecular complexity index is 356. The lowest BCUT2D eigenvalue weighted by Crippen LogP contribution is -2.50. The van der Waals surface area contributed by atoms with E-state index in [1.54, 1.807) is 11.9 Å². The predicted octanol–water partition coefficient (Wildman–Crippen LogP) is 2.23. The molecule has 22 heavy (non-hydrogen) atoms. The molecule has 0 radical (unpaired) electrons. The van der Waals surface area contributed by atoms with Gasteiger partial charge in [0.05, 0.1) is 19.3 Å². The van der Waals surface area contributed by atoms with Crippen LogP contribution in [0.4, 0.5) is 4.79 Å². The molecule has 1 unspecified atom stereocenters. The maximum atomic E-state index is 11.9. The van der Waals surface area contributed by atoms with Crippen molar-refractivity contribution in [1.82, 2.24) is 10.2 Å². The van der Waals surface area contributed by atoms with Gasteiger partial charge in [-0.25, -0.2) is 4.79 Å². The topological polar surface area (TPSA) is 60.0 Å². The Morgan fingerprint density at radius 3 is 2.41 bits per heavy atom. The summed E-state index contributed by atoms with van der Waals surface area (Å²) in [6.07, 6.45) is -0.287. The number of amides is 1. The van der Waals surface area contributed by atoms with Crippen LogP contribution in [0.1, 0.15) is 41.5 Å². The van der Waals surface area contributed by atoms with E-state index < -0.39 is 11.4 Å². The van der Waals surface area contributed by atoms with Crippen LogP contribution in [-0.2, 0) is 14.2 Å². The third-order valence-corrected chi connectivity index (χ3v) is 3.31. The van der Waals surface area contributed by atoms with Gasteiger partial charge in [0.15, 0.2) is 5.79 Å². The zero-order valence-corrected chi connectivity index (χ0v) is 15.1. The summed E-state index contributed by atoms with van der Waals surface area (Å²) < 4.78 is 16.6. The molecule has 1 aliphatic heterocycles. The quantitative estimate of drug-likeness (QED) is 0.843. The average Bonchev–Trinajstić information content (AvgIpc) is 2.35. The SMILES string of the molecule is CC(CNC1COC(C)(C)OC1)CN(C)C(=O)OC(C)(C)C. The van der Waals surface area contributed by atoms with Gasteiger partial charge in [0.1, 0.15) is 5.60 Å². The van der Waals surface area contributed by atoms with Gasteiger partial charge >= 0.3 is 6.09 Å². The summed E-state index contributed by atoms with van der Waals surface area (Å²) in [6.45, 7) is 14.3. The fourth-order valence-corrected chi connectivity index (χ4v) is 2.12. The highest BCUT2D eigenvalue weighted by molar-refractivity contribution is 5.67. The minimum atomic E-state index is -0.485. The van der Waals surface area contributed by atoms with E-state index in [4.69, 9.17) is 14.2 Å². The Balaban J connectivity index is 2.26. The summed E-state index contributed by atoms with van der Waals surface area (Å²) >= 11 is 0. The second kappa shape index (κ2) is 7.62. The Morgan fingerprint density at radius 1 is 1.36 bits per heavy atom. The van der Waals surface area contributed by atoms with E-state index in [1.165, 1.54) is 0 Å². The van der Waals surface area contributed by atoms with Crippen LogP contribution >= 0.6 is 0 Å². The first-order valence-electron chi connectivity index (χ1n) is 7.94. The minimum Gasteiger partial charge on any atom is -0.444 e. The van der Waals surface area contributed by atoms with Crippen molar-refractivity contribution in [3.8, 4) is 0 Å². The molecule has 0 aromatic carbocycles. The van der Waals surface area contributed by atoms with Crippen LogP contribution in [0.25, 0.3) is 0 Å². The average molecular weight is 316 g/mol. The van der Waals surface area contributed by atoms with Gasteiger partial charge in [-0.05, 0) is 47.1 Å². The molecule has 0 bridgehead atoms. The molecular formula is C16H32N2O4. The van der Waals surface area contributed by atoms with Crippen molar-refractivity contribution < 1.29 is 19.0 Å². The van der Waals surface area contributed by atoms with Crippen molar-refractivity contribution >= 4 is 6.09 Å². The predicted molar refractivity (Wildman–Crippen MR) is 85.8 cm³/mol. The van der Waals surface area contributed by atoms with Crippen molar-refractivity contribution in [2.45, 2.75) is 59.0 Å². The van der Waals surface area contributed by atoms with Gasteiger partial charge in [0, 0.05) is 13.6 Å². The van der Waals surface area contributed by atoms with Crippen LogP contribution in [0.3, 0.4) is 0 Å². The maximum Gasteiger partial charge on any atom is 0.410 e. The zero-order chi connectivity index (χ0) is 17.0. The smallest absolute Gasteiger partial charge is 0.410 e. The second-order valence-corrected chi connectivity index (χ2v) is 7.59. The van der Waals surface area contributed by atoms with E-state index in [0.717, 1.165) is 6.54 Å². The lowest BCUT2D eigenvalue weighted by atomic mass is 10.1. The first-order chi connectivity index (χ1) is 9.98. The lowest BCUT2D eigenvalue weighted by molar-refractivity contribution is -0.253. The van der Waals surface area contributed by atoms with Crippen LogP contribution in [-0.4, -0.2) is 61.8 Å². The molecule has 0 saturated carbocycles. The number of hydrogen-bond donors (Lipinski definition) is 1. The van der Waals surface area contributed by atoms with Gasteiger partial charge in [-0.3, -0.25) is 0 Å². The Kier molecular flexibility index (Phi) is 6.65. The highest BCUT2D eigenvalue weighted by atomic mass is 16.7. The zero-order valence-electron chi connectivity index (χ0n) is 15.1. The second-order valence-electron chi connectivity index (χ2n) is 7.59. The summed E-state index contributed by atoms with van der Waals surface area (Å²) in [7, 11) is 1.76. The highest BCUT2D eigenvalue weighted by Gasteiger charge is 2.28. The molecule has 0 aliphatic carbocycles. The van der Waals surface area contributed by atoms with Gasteiger partial charge in [-0.1, -0.05) is 6.92 Å². The molecule has 1 amide bonds. The molecule has 1 heterocycles. The van der Waals surface area contributed by atoms with E-state index in [1.807, 2.05) is 34.6 Å². The van der Waals surface area contributed by atoms with Crippen molar-refractivity contribution in [1.29, 1.82) is 0 Å². The Hall–Kier alpha value is -0.850. The monoisotopic (exact) mass is 316 g/mol. The Morgan fingerprint density at radius 2 is 1.91 bits per heavy atom.